The van der Waals surface area contributed by atoms with Gasteiger partial charge in [0.15, 0.2) is 0 Å². The minimum absolute atomic E-state index is 0. The number of hydrogen-bond acceptors (Lipinski definition) is 3. The smallest absolute Gasteiger partial charge is 0.327 e. The summed E-state index contributed by atoms with van der Waals surface area (Å²) in [7, 11) is -2.14. The summed E-state index contributed by atoms with van der Waals surface area (Å²) in [6.45, 7) is 3.48. The van der Waals surface area contributed by atoms with Gasteiger partial charge in [0, 0.05) is 19.5 Å². The molecule has 0 aromatic carbocycles. The van der Waals surface area contributed by atoms with Gasteiger partial charge in [0.05, 0.1) is 6.10 Å². The summed E-state index contributed by atoms with van der Waals surface area (Å²) in [6.07, 6.45) is -0.0962. The van der Waals surface area contributed by atoms with Gasteiger partial charge in [-0.25, -0.2) is 0 Å². The maximum atomic E-state index is 8.12. The van der Waals surface area contributed by atoms with Crippen molar-refractivity contribution < 1.29 is 33.8 Å². The predicted octanol–water partition coefficient (Wildman–Crippen LogP) is 0.620. The molecule has 0 spiro atoms. The quantitative estimate of drug-likeness (QED) is 0.495. The van der Waals surface area contributed by atoms with Gasteiger partial charge in [-0.2, -0.15) is 0 Å². The molecule has 3 nitrogen and oxygen atoms in total. The largest absolute Gasteiger partial charge is 0.328 e. The van der Waals surface area contributed by atoms with E-state index in [-0.39, 0.29) is 25.6 Å². The third-order valence-corrected chi connectivity index (χ3v) is 0.915. The Morgan fingerprint density at radius 1 is 1.38 bits per heavy atom. The van der Waals surface area contributed by atoms with E-state index < -0.39 is 8.60 Å². The van der Waals surface area contributed by atoms with Gasteiger partial charge in [0.1, 0.15) is 0 Å². The van der Waals surface area contributed by atoms with Gasteiger partial charge in [-0.3, -0.25) is 0 Å². The van der Waals surface area contributed by atoms with E-state index in [1.807, 2.05) is 0 Å². The van der Waals surface area contributed by atoms with Gasteiger partial charge in [-0.05, 0) is 13.8 Å². The molecule has 0 rings (SSSR count). The molecule has 0 aliphatic rings. The Balaban J connectivity index is 0. The van der Waals surface area contributed by atoms with E-state index in [0.29, 0.717) is 0 Å². The van der Waals surface area contributed by atoms with Crippen molar-refractivity contribution in [3.63, 3.8) is 0 Å². The summed E-state index contributed by atoms with van der Waals surface area (Å²) in [4.78, 5) is 16.2. The van der Waals surface area contributed by atoms with E-state index in [1.54, 1.807) is 13.8 Å². The van der Waals surface area contributed by atoms with Crippen molar-refractivity contribution in [2.24, 2.45) is 0 Å². The molecule has 8 heavy (non-hydrogen) atoms. The van der Waals surface area contributed by atoms with E-state index in [1.165, 1.54) is 0 Å². The van der Waals surface area contributed by atoms with Gasteiger partial charge in [-0.15, -0.1) is 0 Å². The third-order valence-electron chi connectivity index (χ3n) is 0.305. The van der Waals surface area contributed by atoms with Crippen molar-refractivity contribution in [1.29, 1.82) is 0 Å². The van der Waals surface area contributed by atoms with Crippen molar-refractivity contribution in [2.45, 2.75) is 20.0 Å². The van der Waals surface area contributed by atoms with Crippen molar-refractivity contribution >= 4 is 8.60 Å². The normalized spacial score (nSPS) is 9.75. The van der Waals surface area contributed by atoms with E-state index in [0.717, 1.165) is 0 Å². The first-order chi connectivity index (χ1) is 3.13. The second-order valence-electron chi connectivity index (χ2n) is 1.41. The fourth-order valence-electron chi connectivity index (χ4n) is 0.189. The van der Waals surface area contributed by atoms with Crippen LogP contribution in [0.25, 0.3) is 0 Å². The Kier molecular flexibility index (Phi) is 8.86. The van der Waals surface area contributed by atoms with Crippen LogP contribution in [-0.2, 0) is 24.0 Å². The first kappa shape index (κ1) is 11.7. The van der Waals surface area contributed by atoms with Gasteiger partial charge in [0.2, 0.25) is 0 Å². The summed E-state index contributed by atoms with van der Waals surface area (Å²) < 4.78 is 4.43. The van der Waals surface area contributed by atoms with Crippen molar-refractivity contribution in [1.82, 2.24) is 0 Å². The molecule has 0 aliphatic carbocycles. The van der Waals surface area contributed by atoms with Crippen LogP contribution in [0.15, 0.2) is 0 Å². The Bertz CT molecular complexity index is 43.8. The molecule has 0 fully saturated rings. The van der Waals surface area contributed by atoms with Gasteiger partial charge in [0.25, 0.3) is 0 Å². The first-order valence-electron chi connectivity index (χ1n) is 1.97. The molecule has 0 saturated heterocycles. The summed E-state index contributed by atoms with van der Waals surface area (Å²) in [6, 6.07) is 0. The molecule has 0 aromatic heterocycles. The maximum absolute atomic E-state index is 8.12. The second kappa shape index (κ2) is 6.06. The molecule has 0 amide bonds. The van der Waals surface area contributed by atoms with Crippen LogP contribution in [0.2, 0.25) is 0 Å². The molecule has 0 atom stereocenters. The molecule has 2 N–H and O–H groups in total. The fraction of sp³-hybridized carbons (Fsp3) is 1.00. The van der Waals surface area contributed by atoms with Crippen LogP contribution >= 0.6 is 8.60 Å². The molecule has 0 unspecified atom stereocenters. The minimum Gasteiger partial charge on any atom is -0.328 e. The van der Waals surface area contributed by atoms with E-state index in [2.05, 4.69) is 4.52 Å². The Labute approximate surface area is 62.8 Å². The zero-order valence-corrected chi connectivity index (χ0v) is 8.90. The van der Waals surface area contributed by atoms with Crippen LogP contribution in [0.1, 0.15) is 13.8 Å². The van der Waals surface area contributed by atoms with Crippen LogP contribution in [-0.4, -0.2) is 15.9 Å². The van der Waals surface area contributed by atoms with E-state index in [9.17, 15) is 0 Å². The zero-order valence-electron chi connectivity index (χ0n) is 5.03. The molecule has 0 bridgehead atoms. The second-order valence-corrected chi connectivity index (χ2v) is 2.12. The van der Waals surface area contributed by atoms with Crippen molar-refractivity contribution in [3.8, 4) is 0 Å². The standard InChI is InChI=1S/C3H9O3P.Zn/c1-3(2)6-7(4)5;/h3-5H,1-2H3;. The molecule has 0 radical (unpaired) electrons. The summed E-state index contributed by atoms with van der Waals surface area (Å²) in [5.41, 5.74) is 0. The van der Waals surface area contributed by atoms with Crippen molar-refractivity contribution in [2.75, 3.05) is 0 Å². The molecule has 5 heteroatoms. The first-order valence-corrected chi connectivity index (χ1v) is 3.14. The molecule has 46 valence electrons. The topological polar surface area (TPSA) is 49.7 Å². The van der Waals surface area contributed by atoms with Crippen molar-refractivity contribution in [3.05, 3.63) is 0 Å². The number of rotatable bonds is 2. The Morgan fingerprint density at radius 3 is 1.75 bits per heavy atom. The fourth-order valence-corrected chi connectivity index (χ4v) is 0.566. The molecule has 0 saturated carbocycles. The van der Waals surface area contributed by atoms with E-state index in [4.69, 9.17) is 9.79 Å². The predicted molar refractivity (Wildman–Crippen MR) is 27.6 cm³/mol. The summed E-state index contributed by atoms with van der Waals surface area (Å²) >= 11 is 0. The van der Waals surface area contributed by atoms with Gasteiger partial charge < -0.3 is 14.3 Å². The molecule has 0 aromatic rings. The van der Waals surface area contributed by atoms with E-state index >= 15 is 0 Å². The van der Waals surface area contributed by atoms with Crippen LogP contribution in [0, 0.1) is 0 Å². The molecular weight excluding hydrogens is 180 g/mol. The Morgan fingerprint density at radius 2 is 1.75 bits per heavy atom. The molecule has 0 heterocycles. The van der Waals surface area contributed by atoms with Crippen LogP contribution in [0.3, 0.4) is 0 Å². The average Bonchev–Trinajstić information content (AvgIpc) is 1.27. The molecule has 0 aliphatic heterocycles. The maximum Gasteiger partial charge on any atom is 0.327 e. The average molecular weight is 189 g/mol. The van der Waals surface area contributed by atoms with Crippen LogP contribution in [0.4, 0.5) is 0 Å². The van der Waals surface area contributed by atoms with Crippen LogP contribution < -0.4 is 0 Å². The number of hydrogen-bond donors (Lipinski definition) is 2. The third kappa shape index (κ3) is 10.0. The van der Waals surface area contributed by atoms with Gasteiger partial charge >= 0.3 is 8.60 Å². The Hall–Kier alpha value is 0.933. The summed E-state index contributed by atoms with van der Waals surface area (Å²) in [5, 5.41) is 0. The minimum atomic E-state index is -2.14. The van der Waals surface area contributed by atoms with Crippen LogP contribution in [0.5, 0.6) is 0 Å². The zero-order chi connectivity index (χ0) is 5.86. The monoisotopic (exact) mass is 188 g/mol. The summed E-state index contributed by atoms with van der Waals surface area (Å²) in [5.74, 6) is 0. The van der Waals surface area contributed by atoms with Gasteiger partial charge in [-0.1, -0.05) is 0 Å². The molecular formula is C3H9O3PZn. The SMILES string of the molecule is CC(C)OP(O)O.[Zn].